The Morgan fingerprint density at radius 3 is 2.59 bits per heavy atom. The van der Waals surface area contributed by atoms with E-state index < -0.39 is 0 Å². The molecule has 0 spiro atoms. The van der Waals surface area contributed by atoms with E-state index in [4.69, 9.17) is 0 Å². The van der Waals surface area contributed by atoms with E-state index in [1.807, 2.05) is 20.8 Å². The summed E-state index contributed by atoms with van der Waals surface area (Å²) in [5.41, 5.74) is -0.140. The number of nitrogens with zero attached hydrogens (tertiary/aromatic N) is 1. The Labute approximate surface area is 105 Å². The summed E-state index contributed by atoms with van der Waals surface area (Å²) in [6.07, 6.45) is 2.25. The maximum atomic E-state index is 11.7. The molecule has 4 heteroatoms. The smallest absolute Gasteiger partial charge is 0.234 e. The van der Waals surface area contributed by atoms with Crippen LogP contribution in [0.15, 0.2) is 0 Å². The van der Waals surface area contributed by atoms with Gasteiger partial charge >= 0.3 is 0 Å². The van der Waals surface area contributed by atoms with Gasteiger partial charge in [0.05, 0.1) is 6.54 Å². The fraction of sp³-hybridized carbons (Fsp3) is 0.923. The molecule has 0 aromatic carbocycles. The van der Waals surface area contributed by atoms with Crippen LogP contribution in [0.5, 0.6) is 0 Å². The predicted molar refractivity (Wildman–Crippen MR) is 71.0 cm³/mol. The van der Waals surface area contributed by atoms with Crippen molar-refractivity contribution in [1.82, 2.24) is 15.5 Å². The third kappa shape index (κ3) is 5.50. The molecule has 1 amide bonds. The van der Waals surface area contributed by atoms with Crippen molar-refractivity contribution < 1.29 is 4.79 Å². The van der Waals surface area contributed by atoms with Crippen LogP contribution >= 0.6 is 0 Å². The Balaban J connectivity index is 2.25. The number of piperidine rings is 1. The van der Waals surface area contributed by atoms with Crippen LogP contribution in [0.1, 0.15) is 40.5 Å². The fourth-order valence-corrected chi connectivity index (χ4v) is 2.17. The molecule has 100 valence electrons. The van der Waals surface area contributed by atoms with Gasteiger partial charge in [0.1, 0.15) is 0 Å². The molecule has 1 aliphatic rings. The average Bonchev–Trinajstić information content (AvgIpc) is 2.17. The molecule has 2 N–H and O–H groups in total. The van der Waals surface area contributed by atoms with Crippen LogP contribution in [0.25, 0.3) is 0 Å². The minimum atomic E-state index is -0.140. The number of amides is 1. The second-order valence-electron chi connectivity index (χ2n) is 6.23. The van der Waals surface area contributed by atoms with Gasteiger partial charge in [-0.25, -0.2) is 0 Å². The maximum absolute atomic E-state index is 11.7. The molecule has 17 heavy (non-hydrogen) atoms. The Morgan fingerprint density at radius 1 is 1.41 bits per heavy atom. The molecule has 1 saturated heterocycles. The maximum Gasteiger partial charge on any atom is 0.234 e. The molecule has 2 unspecified atom stereocenters. The summed E-state index contributed by atoms with van der Waals surface area (Å²) in [4.78, 5) is 14.0. The molecule has 1 heterocycles. The first-order valence-corrected chi connectivity index (χ1v) is 6.52. The normalized spacial score (nSPS) is 26.9. The van der Waals surface area contributed by atoms with Crippen molar-refractivity contribution in [3.8, 4) is 0 Å². The van der Waals surface area contributed by atoms with Crippen molar-refractivity contribution in [2.75, 3.05) is 20.1 Å². The van der Waals surface area contributed by atoms with Crippen LogP contribution in [0.2, 0.25) is 0 Å². The minimum absolute atomic E-state index is 0.0871. The Bertz CT molecular complexity index is 260. The number of likely N-dealkylation sites (tertiary alicyclic amines) is 1. The topological polar surface area (TPSA) is 44.4 Å². The molecule has 2 atom stereocenters. The summed E-state index contributed by atoms with van der Waals surface area (Å²) < 4.78 is 0. The molecule has 0 aliphatic carbocycles. The number of nitrogens with one attached hydrogen (secondary N) is 2. The van der Waals surface area contributed by atoms with E-state index in [9.17, 15) is 4.79 Å². The van der Waals surface area contributed by atoms with Crippen LogP contribution in [0.3, 0.4) is 0 Å². The highest BCUT2D eigenvalue weighted by Gasteiger charge is 2.23. The highest BCUT2D eigenvalue weighted by atomic mass is 16.2. The van der Waals surface area contributed by atoms with Gasteiger partial charge in [-0.3, -0.25) is 4.79 Å². The van der Waals surface area contributed by atoms with Crippen molar-refractivity contribution >= 4 is 5.91 Å². The summed E-state index contributed by atoms with van der Waals surface area (Å²) in [5.74, 6) is 0.0871. The third-order valence-electron chi connectivity index (χ3n) is 3.27. The van der Waals surface area contributed by atoms with Gasteiger partial charge in [-0.1, -0.05) is 0 Å². The minimum Gasteiger partial charge on any atom is -0.350 e. The first-order valence-electron chi connectivity index (χ1n) is 6.52. The van der Waals surface area contributed by atoms with E-state index in [0.717, 1.165) is 19.4 Å². The molecule has 1 fully saturated rings. The molecular weight excluding hydrogens is 214 g/mol. The molecule has 4 nitrogen and oxygen atoms in total. The summed E-state index contributed by atoms with van der Waals surface area (Å²) in [5, 5.41) is 6.32. The Kier molecular flexibility index (Phi) is 4.95. The molecule has 1 aliphatic heterocycles. The van der Waals surface area contributed by atoms with Crippen molar-refractivity contribution in [3.05, 3.63) is 0 Å². The number of rotatable bonds is 3. The molecule has 1 rings (SSSR count). The lowest BCUT2D eigenvalue weighted by Gasteiger charge is -2.35. The van der Waals surface area contributed by atoms with Gasteiger partial charge < -0.3 is 15.5 Å². The predicted octanol–water partition coefficient (Wildman–Crippen LogP) is 0.973. The number of carbonyl (C=O) groups is 1. The quantitative estimate of drug-likeness (QED) is 0.774. The van der Waals surface area contributed by atoms with Gasteiger partial charge in [-0.15, -0.1) is 0 Å². The lowest BCUT2D eigenvalue weighted by Crippen LogP contribution is -2.50. The van der Waals surface area contributed by atoms with Gasteiger partial charge in [0.2, 0.25) is 5.91 Å². The molecule has 0 radical (unpaired) electrons. The van der Waals surface area contributed by atoms with Crippen LogP contribution in [-0.4, -0.2) is 48.6 Å². The largest absolute Gasteiger partial charge is 0.350 e. The summed E-state index contributed by atoms with van der Waals surface area (Å²) in [7, 11) is 2.16. The summed E-state index contributed by atoms with van der Waals surface area (Å²) in [6.45, 7) is 9.79. The zero-order valence-corrected chi connectivity index (χ0v) is 11.8. The zero-order valence-electron chi connectivity index (χ0n) is 11.8. The van der Waals surface area contributed by atoms with E-state index in [1.165, 1.54) is 0 Å². The van der Waals surface area contributed by atoms with E-state index in [2.05, 4.69) is 29.5 Å². The molecule has 0 saturated carbocycles. The lowest BCUT2D eigenvalue weighted by atomic mass is 9.99. The van der Waals surface area contributed by atoms with Gasteiger partial charge in [0, 0.05) is 17.6 Å². The van der Waals surface area contributed by atoms with Crippen LogP contribution in [0, 0.1) is 0 Å². The van der Waals surface area contributed by atoms with Crippen LogP contribution in [-0.2, 0) is 4.79 Å². The van der Waals surface area contributed by atoms with Crippen molar-refractivity contribution in [3.63, 3.8) is 0 Å². The van der Waals surface area contributed by atoms with Gasteiger partial charge in [0.15, 0.2) is 0 Å². The van der Waals surface area contributed by atoms with Crippen molar-refractivity contribution in [2.45, 2.75) is 58.2 Å². The van der Waals surface area contributed by atoms with Crippen molar-refractivity contribution in [1.29, 1.82) is 0 Å². The molecule has 0 bridgehead atoms. The lowest BCUT2D eigenvalue weighted by molar-refractivity contribution is -0.121. The first kappa shape index (κ1) is 14.5. The van der Waals surface area contributed by atoms with Gasteiger partial charge in [0.25, 0.3) is 0 Å². The standard InChI is InChI=1S/C13H27N3O/c1-10-8-11(6-7-16(10)5)14-9-12(17)15-13(2,3)4/h10-11,14H,6-9H2,1-5H3,(H,15,17). The Hall–Kier alpha value is -0.610. The number of hydrogen-bond acceptors (Lipinski definition) is 3. The number of hydrogen-bond donors (Lipinski definition) is 2. The highest BCUT2D eigenvalue weighted by molar-refractivity contribution is 5.78. The zero-order chi connectivity index (χ0) is 13.1. The molecular formula is C13H27N3O. The highest BCUT2D eigenvalue weighted by Crippen LogP contribution is 2.14. The van der Waals surface area contributed by atoms with E-state index in [-0.39, 0.29) is 11.4 Å². The second kappa shape index (κ2) is 5.83. The molecule has 0 aromatic rings. The van der Waals surface area contributed by atoms with Crippen molar-refractivity contribution in [2.24, 2.45) is 0 Å². The monoisotopic (exact) mass is 241 g/mol. The fourth-order valence-electron chi connectivity index (χ4n) is 2.17. The average molecular weight is 241 g/mol. The summed E-state index contributed by atoms with van der Waals surface area (Å²) in [6, 6.07) is 1.08. The van der Waals surface area contributed by atoms with Crippen LogP contribution in [0.4, 0.5) is 0 Å². The number of carbonyl (C=O) groups excluding carboxylic acids is 1. The van der Waals surface area contributed by atoms with Gasteiger partial charge in [-0.05, 0) is 54.1 Å². The van der Waals surface area contributed by atoms with E-state index >= 15 is 0 Å². The van der Waals surface area contributed by atoms with Gasteiger partial charge in [-0.2, -0.15) is 0 Å². The van der Waals surface area contributed by atoms with E-state index in [0.29, 0.717) is 18.6 Å². The van der Waals surface area contributed by atoms with E-state index in [1.54, 1.807) is 0 Å². The Morgan fingerprint density at radius 2 is 2.06 bits per heavy atom. The third-order valence-corrected chi connectivity index (χ3v) is 3.27. The second-order valence-corrected chi connectivity index (χ2v) is 6.23. The van der Waals surface area contributed by atoms with Crippen LogP contribution < -0.4 is 10.6 Å². The summed E-state index contributed by atoms with van der Waals surface area (Å²) >= 11 is 0. The SMILES string of the molecule is CC1CC(NCC(=O)NC(C)(C)C)CCN1C. The molecule has 0 aromatic heterocycles. The first-order chi connectivity index (χ1) is 7.78.